The highest BCUT2D eigenvalue weighted by molar-refractivity contribution is 6.32. The number of nitrogens with zero attached hydrogens (tertiary/aromatic N) is 4. The first-order valence-electron chi connectivity index (χ1n) is 4.39. The van der Waals surface area contributed by atoms with Crippen LogP contribution < -0.4 is 5.73 Å². The predicted octanol–water partition coefficient (Wildman–Crippen LogP) is 2.32. The van der Waals surface area contributed by atoms with Crippen molar-refractivity contribution in [3.63, 3.8) is 0 Å². The largest absolute Gasteiger partial charge is 0.398 e. The molecule has 1 aromatic heterocycles. The molecule has 0 fully saturated rings. The van der Waals surface area contributed by atoms with Gasteiger partial charge in [0.25, 0.3) is 0 Å². The average molecular weight is 268 g/mol. The van der Waals surface area contributed by atoms with Gasteiger partial charge in [-0.3, -0.25) is 0 Å². The van der Waals surface area contributed by atoms with Crippen LogP contribution in [0, 0.1) is 11.3 Å². The van der Waals surface area contributed by atoms with Crippen LogP contribution in [0.15, 0.2) is 30.3 Å². The summed E-state index contributed by atoms with van der Waals surface area (Å²) in [6, 6.07) is 10.4. The molecule has 2 rings (SSSR count). The van der Waals surface area contributed by atoms with Crippen LogP contribution in [0.4, 0.5) is 5.69 Å². The molecule has 0 amide bonds. The highest BCUT2D eigenvalue weighted by Gasteiger charge is 1.91. The predicted molar refractivity (Wildman–Crippen MR) is 65.4 cm³/mol. The quantitative estimate of drug-likeness (QED) is 0.740. The molecule has 5 nitrogen and oxygen atoms in total. The Bertz CT molecular complexity index is 521. The minimum atomic E-state index is 0.255. The van der Waals surface area contributed by atoms with E-state index in [0.29, 0.717) is 11.3 Å². The van der Waals surface area contributed by atoms with Gasteiger partial charge in [-0.1, -0.05) is 35.3 Å². The number of para-hydroxylation sites is 1. The van der Waals surface area contributed by atoms with E-state index in [-0.39, 0.29) is 10.3 Å². The number of nitriles is 1. The molecule has 0 saturated carbocycles. The summed E-state index contributed by atoms with van der Waals surface area (Å²) in [4.78, 5) is 0. The first-order chi connectivity index (χ1) is 8.13. The summed E-state index contributed by atoms with van der Waals surface area (Å²) in [5, 5.41) is 18.8. The van der Waals surface area contributed by atoms with E-state index >= 15 is 0 Å². The Morgan fingerprint density at radius 3 is 2.06 bits per heavy atom. The fraction of sp³-hybridized carbons (Fsp3) is 0. The van der Waals surface area contributed by atoms with Crippen LogP contribution in [0.1, 0.15) is 5.56 Å². The van der Waals surface area contributed by atoms with Gasteiger partial charge in [0.2, 0.25) is 0 Å². The van der Waals surface area contributed by atoms with Gasteiger partial charge in [0.15, 0.2) is 10.3 Å². The molecule has 0 radical (unpaired) electrons. The molecule has 0 bridgehead atoms. The second kappa shape index (κ2) is 6.63. The number of benzene rings is 1. The van der Waals surface area contributed by atoms with Gasteiger partial charge in [-0.05, 0) is 17.3 Å². The number of aromatic nitrogens is 3. The van der Waals surface area contributed by atoms with Crippen molar-refractivity contribution < 1.29 is 0 Å². The fourth-order valence-corrected chi connectivity index (χ4v) is 1.19. The molecule has 0 aliphatic rings. The van der Waals surface area contributed by atoms with Crippen molar-refractivity contribution in [2.24, 2.45) is 0 Å². The number of halogens is 2. The fourth-order valence-electron chi connectivity index (χ4n) is 0.863. The van der Waals surface area contributed by atoms with Crippen molar-refractivity contribution in [3.8, 4) is 6.07 Å². The maximum atomic E-state index is 8.39. The Morgan fingerprint density at radius 2 is 1.71 bits per heavy atom. The molecular formula is C10H7Cl2N5. The van der Waals surface area contributed by atoms with E-state index < -0.39 is 0 Å². The maximum Gasteiger partial charge on any atom is 0.156 e. The Hall–Kier alpha value is -1.90. The summed E-state index contributed by atoms with van der Waals surface area (Å²) in [6.07, 6.45) is 0. The van der Waals surface area contributed by atoms with Crippen molar-refractivity contribution in [2.75, 3.05) is 5.73 Å². The topological polar surface area (TPSA) is 88.5 Å². The molecule has 0 aliphatic heterocycles. The molecule has 0 atom stereocenters. The van der Waals surface area contributed by atoms with E-state index in [0.717, 1.165) is 0 Å². The lowest BCUT2D eigenvalue weighted by molar-refractivity contribution is 0.866. The smallest absolute Gasteiger partial charge is 0.156 e. The van der Waals surface area contributed by atoms with Gasteiger partial charge >= 0.3 is 0 Å². The lowest BCUT2D eigenvalue weighted by Crippen LogP contribution is -1.87. The number of rotatable bonds is 0. The number of hydrogen-bond donors (Lipinski definition) is 1. The monoisotopic (exact) mass is 267 g/mol. The van der Waals surface area contributed by atoms with Crippen molar-refractivity contribution in [1.82, 2.24) is 15.4 Å². The van der Waals surface area contributed by atoms with Crippen LogP contribution in [0.2, 0.25) is 10.3 Å². The van der Waals surface area contributed by atoms with Crippen LogP contribution in [0.3, 0.4) is 0 Å². The van der Waals surface area contributed by atoms with Crippen molar-refractivity contribution in [1.29, 1.82) is 5.26 Å². The minimum Gasteiger partial charge on any atom is -0.398 e. The Kier molecular flexibility index (Phi) is 5.14. The Labute approximate surface area is 108 Å². The van der Waals surface area contributed by atoms with Gasteiger partial charge in [-0.15, -0.1) is 10.2 Å². The second-order valence-corrected chi connectivity index (χ2v) is 3.55. The maximum absolute atomic E-state index is 8.39. The Balaban J connectivity index is 0.000000171. The molecule has 0 spiro atoms. The normalized spacial score (nSPS) is 8.76. The molecule has 1 heterocycles. The van der Waals surface area contributed by atoms with Gasteiger partial charge < -0.3 is 5.73 Å². The lowest BCUT2D eigenvalue weighted by atomic mass is 10.2. The zero-order valence-electron chi connectivity index (χ0n) is 8.51. The SMILES string of the molecule is Clc1cc(Cl)nnn1.N#Cc1ccccc1N. The number of nitrogen functional groups attached to an aromatic ring is 1. The number of hydrogen-bond acceptors (Lipinski definition) is 5. The summed E-state index contributed by atoms with van der Waals surface area (Å²) in [5.74, 6) is 0. The third-order valence-electron chi connectivity index (χ3n) is 1.60. The van der Waals surface area contributed by atoms with E-state index in [9.17, 15) is 0 Å². The molecular weight excluding hydrogens is 261 g/mol. The molecule has 86 valence electrons. The standard InChI is InChI=1S/C7H6N2.C3HCl2N3/c8-5-6-3-1-2-4-7(6)9;4-2-1-3(5)7-8-6-2/h1-4H,9H2;1H. The van der Waals surface area contributed by atoms with E-state index in [4.69, 9.17) is 34.2 Å². The van der Waals surface area contributed by atoms with Crippen molar-refractivity contribution in [2.45, 2.75) is 0 Å². The van der Waals surface area contributed by atoms with E-state index in [1.165, 1.54) is 6.07 Å². The van der Waals surface area contributed by atoms with Crippen LogP contribution in [-0.2, 0) is 0 Å². The van der Waals surface area contributed by atoms with Gasteiger partial charge in [-0.2, -0.15) is 5.26 Å². The zero-order valence-corrected chi connectivity index (χ0v) is 10.0. The van der Waals surface area contributed by atoms with Gasteiger partial charge in [-0.25, -0.2) is 0 Å². The molecule has 7 heteroatoms. The third-order valence-corrected chi connectivity index (χ3v) is 1.97. The molecule has 0 unspecified atom stereocenters. The average Bonchev–Trinajstić information content (AvgIpc) is 2.30. The second-order valence-electron chi connectivity index (χ2n) is 2.78. The molecule has 2 N–H and O–H groups in total. The van der Waals surface area contributed by atoms with Crippen molar-refractivity contribution in [3.05, 3.63) is 46.2 Å². The van der Waals surface area contributed by atoms with Gasteiger partial charge in [0.1, 0.15) is 6.07 Å². The summed E-state index contributed by atoms with van der Waals surface area (Å²) in [5.41, 5.74) is 6.49. The summed E-state index contributed by atoms with van der Waals surface area (Å²) >= 11 is 10.7. The van der Waals surface area contributed by atoms with E-state index in [1.807, 2.05) is 6.07 Å². The third kappa shape index (κ3) is 4.64. The number of nitrogens with two attached hydrogens (primary N) is 1. The lowest BCUT2D eigenvalue weighted by Gasteiger charge is -1.91. The number of anilines is 1. The first-order valence-corrected chi connectivity index (χ1v) is 5.15. The molecule has 0 saturated heterocycles. The minimum absolute atomic E-state index is 0.255. The highest BCUT2D eigenvalue weighted by atomic mass is 35.5. The van der Waals surface area contributed by atoms with Gasteiger partial charge in [0, 0.05) is 11.8 Å². The van der Waals surface area contributed by atoms with Crippen LogP contribution in [-0.4, -0.2) is 15.4 Å². The van der Waals surface area contributed by atoms with Crippen molar-refractivity contribution >= 4 is 28.9 Å². The summed E-state index contributed by atoms with van der Waals surface area (Å²) < 4.78 is 0. The highest BCUT2D eigenvalue weighted by Crippen LogP contribution is 2.07. The summed E-state index contributed by atoms with van der Waals surface area (Å²) in [7, 11) is 0. The molecule has 0 aliphatic carbocycles. The van der Waals surface area contributed by atoms with Crippen LogP contribution in [0.5, 0.6) is 0 Å². The molecule has 1 aromatic carbocycles. The zero-order chi connectivity index (χ0) is 12.7. The summed E-state index contributed by atoms with van der Waals surface area (Å²) in [6.45, 7) is 0. The van der Waals surface area contributed by atoms with Crippen LogP contribution in [0.25, 0.3) is 0 Å². The van der Waals surface area contributed by atoms with Crippen LogP contribution >= 0.6 is 23.2 Å². The Morgan fingerprint density at radius 1 is 1.12 bits per heavy atom. The molecule has 17 heavy (non-hydrogen) atoms. The van der Waals surface area contributed by atoms with E-state index in [2.05, 4.69) is 15.4 Å². The first kappa shape index (κ1) is 13.2. The van der Waals surface area contributed by atoms with Gasteiger partial charge in [0.05, 0.1) is 5.56 Å². The van der Waals surface area contributed by atoms with E-state index in [1.54, 1.807) is 24.3 Å². The molecule has 2 aromatic rings.